The number of hydrogen-bond acceptors (Lipinski definition) is 1. The summed E-state index contributed by atoms with van der Waals surface area (Å²) in [5, 5.41) is 6.88. The van der Waals surface area contributed by atoms with E-state index in [1.807, 2.05) is 13.0 Å². The summed E-state index contributed by atoms with van der Waals surface area (Å²) in [6, 6.07) is 6.55. The molecule has 0 aliphatic heterocycles. The molecule has 1 unspecified atom stereocenters. The normalized spacial score (nSPS) is 11.9. The van der Waals surface area contributed by atoms with Gasteiger partial charge in [0.05, 0.1) is 6.04 Å². The van der Waals surface area contributed by atoms with Crippen LogP contribution in [-0.2, 0) is 0 Å². The molecule has 0 bridgehead atoms. The molecule has 0 aliphatic rings. The summed E-state index contributed by atoms with van der Waals surface area (Å²) < 4.78 is 13.0. The molecule has 0 fully saturated rings. The van der Waals surface area contributed by atoms with Crippen LogP contribution in [0.4, 0.5) is 4.39 Å². The van der Waals surface area contributed by atoms with Crippen LogP contribution in [-0.4, -0.2) is 11.7 Å². The van der Waals surface area contributed by atoms with Crippen molar-refractivity contribution in [2.75, 3.05) is 6.54 Å². The van der Waals surface area contributed by atoms with Crippen LogP contribution in [0.25, 0.3) is 0 Å². The summed E-state index contributed by atoms with van der Waals surface area (Å²) >= 11 is 5.16. The van der Waals surface area contributed by atoms with E-state index in [-0.39, 0.29) is 11.9 Å². The number of thiocarbonyl (C=S) groups is 1. The fourth-order valence-corrected chi connectivity index (χ4v) is 1.76. The van der Waals surface area contributed by atoms with Crippen molar-refractivity contribution in [1.29, 1.82) is 0 Å². The molecule has 17 heavy (non-hydrogen) atoms. The van der Waals surface area contributed by atoms with E-state index in [1.165, 1.54) is 12.1 Å². The van der Waals surface area contributed by atoms with E-state index in [0.717, 1.165) is 24.9 Å². The predicted octanol–water partition coefficient (Wildman–Crippen LogP) is 3.15. The lowest BCUT2D eigenvalue weighted by atomic mass is 10.1. The molecule has 0 spiro atoms. The topological polar surface area (TPSA) is 24.1 Å². The van der Waals surface area contributed by atoms with Crippen molar-refractivity contribution in [3.05, 3.63) is 35.6 Å². The molecule has 1 atom stereocenters. The Bertz CT molecular complexity index is 368. The predicted molar refractivity (Wildman–Crippen MR) is 73.5 cm³/mol. The van der Waals surface area contributed by atoms with Gasteiger partial charge in [0.1, 0.15) is 5.82 Å². The number of rotatable bonds is 5. The minimum Gasteiger partial charge on any atom is -0.363 e. The molecule has 94 valence electrons. The average molecular weight is 254 g/mol. The summed E-state index contributed by atoms with van der Waals surface area (Å²) in [4.78, 5) is 0. The summed E-state index contributed by atoms with van der Waals surface area (Å²) in [5.41, 5.74) is 0.893. The standard InChI is InChI=1S/C13H19FN2S/c1-3-4-8-15-13(17)16-10(2)11-6-5-7-12(14)9-11/h5-7,9-10H,3-4,8H2,1-2H3,(H2,15,16,17). The van der Waals surface area contributed by atoms with Crippen LogP contribution in [0.3, 0.4) is 0 Å². The highest BCUT2D eigenvalue weighted by molar-refractivity contribution is 7.80. The maximum atomic E-state index is 13.0. The van der Waals surface area contributed by atoms with Crippen molar-refractivity contribution in [2.24, 2.45) is 0 Å². The van der Waals surface area contributed by atoms with E-state index in [1.54, 1.807) is 6.07 Å². The van der Waals surface area contributed by atoms with Crippen LogP contribution in [0.2, 0.25) is 0 Å². The molecule has 2 nitrogen and oxygen atoms in total. The molecule has 2 N–H and O–H groups in total. The lowest BCUT2D eigenvalue weighted by Crippen LogP contribution is -2.37. The largest absolute Gasteiger partial charge is 0.363 e. The van der Waals surface area contributed by atoms with E-state index >= 15 is 0 Å². The molecule has 0 amide bonds. The second-order valence-electron chi connectivity index (χ2n) is 4.03. The minimum atomic E-state index is -0.221. The molecule has 0 radical (unpaired) electrons. The number of unbranched alkanes of at least 4 members (excludes halogenated alkanes) is 1. The number of halogens is 1. The van der Waals surface area contributed by atoms with Gasteiger partial charge in [-0.15, -0.1) is 0 Å². The van der Waals surface area contributed by atoms with Gasteiger partial charge in [0.15, 0.2) is 5.11 Å². The molecule has 1 aromatic rings. The fourth-order valence-electron chi connectivity index (χ4n) is 1.49. The Hall–Kier alpha value is -1.16. The van der Waals surface area contributed by atoms with Gasteiger partial charge in [-0.05, 0) is 43.3 Å². The molecule has 0 aliphatic carbocycles. The summed E-state index contributed by atoms with van der Waals surface area (Å²) in [6.07, 6.45) is 2.23. The summed E-state index contributed by atoms with van der Waals surface area (Å²) in [5.74, 6) is -0.221. The Morgan fingerprint density at radius 3 is 2.88 bits per heavy atom. The number of hydrogen-bond donors (Lipinski definition) is 2. The smallest absolute Gasteiger partial charge is 0.166 e. The van der Waals surface area contributed by atoms with Gasteiger partial charge in [-0.1, -0.05) is 25.5 Å². The highest BCUT2D eigenvalue weighted by Crippen LogP contribution is 2.12. The zero-order chi connectivity index (χ0) is 12.7. The monoisotopic (exact) mass is 254 g/mol. The maximum Gasteiger partial charge on any atom is 0.166 e. The summed E-state index contributed by atoms with van der Waals surface area (Å²) in [7, 11) is 0. The fraction of sp³-hybridized carbons (Fsp3) is 0.462. The van der Waals surface area contributed by atoms with Gasteiger partial charge in [-0.25, -0.2) is 4.39 Å². The van der Waals surface area contributed by atoms with E-state index in [2.05, 4.69) is 17.6 Å². The van der Waals surface area contributed by atoms with Crippen molar-refractivity contribution in [3.8, 4) is 0 Å². The van der Waals surface area contributed by atoms with Crippen LogP contribution in [0.15, 0.2) is 24.3 Å². The lowest BCUT2D eigenvalue weighted by molar-refractivity contribution is 0.616. The Kier molecular flexibility index (Phi) is 5.91. The van der Waals surface area contributed by atoms with Crippen LogP contribution >= 0.6 is 12.2 Å². The van der Waals surface area contributed by atoms with Gasteiger partial charge < -0.3 is 10.6 Å². The van der Waals surface area contributed by atoms with Crippen molar-refractivity contribution in [1.82, 2.24) is 10.6 Å². The van der Waals surface area contributed by atoms with Gasteiger partial charge in [0.2, 0.25) is 0 Å². The third-order valence-corrected chi connectivity index (χ3v) is 2.77. The van der Waals surface area contributed by atoms with Gasteiger partial charge in [0, 0.05) is 6.54 Å². The first kappa shape index (κ1) is 13.9. The molecule has 0 saturated carbocycles. The van der Waals surface area contributed by atoms with Crippen molar-refractivity contribution < 1.29 is 4.39 Å². The summed E-state index contributed by atoms with van der Waals surface area (Å²) in [6.45, 7) is 4.97. The van der Waals surface area contributed by atoms with Crippen molar-refractivity contribution in [2.45, 2.75) is 32.7 Å². The lowest BCUT2D eigenvalue weighted by Gasteiger charge is -2.17. The Morgan fingerprint density at radius 2 is 2.24 bits per heavy atom. The molecule has 0 aromatic heterocycles. The van der Waals surface area contributed by atoms with Crippen LogP contribution in [0.5, 0.6) is 0 Å². The number of benzene rings is 1. The van der Waals surface area contributed by atoms with Gasteiger partial charge in [0.25, 0.3) is 0 Å². The molecule has 1 aromatic carbocycles. The van der Waals surface area contributed by atoms with Crippen molar-refractivity contribution in [3.63, 3.8) is 0 Å². The zero-order valence-corrected chi connectivity index (χ0v) is 11.1. The maximum absolute atomic E-state index is 13.0. The highest BCUT2D eigenvalue weighted by atomic mass is 32.1. The third-order valence-electron chi connectivity index (χ3n) is 2.51. The van der Waals surface area contributed by atoms with Crippen LogP contribution < -0.4 is 10.6 Å². The molecular formula is C13H19FN2S. The highest BCUT2D eigenvalue weighted by Gasteiger charge is 2.07. The van der Waals surface area contributed by atoms with Gasteiger partial charge in [-0.3, -0.25) is 0 Å². The van der Waals surface area contributed by atoms with Crippen LogP contribution in [0, 0.1) is 5.82 Å². The third kappa shape index (κ3) is 5.13. The van der Waals surface area contributed by atoms with Crippen molar-refractivity contribution >= 4 is 17.3 Å². The Morgan fingerprint density at radius 1 is 1.47 bits per heavy atom. The van der Waals surface area contributed by atoms with Gasteiger partial charge >= 0.3 is 0 Å². The molecule has 0 saturated heterocycles. The SMILES string of the molecule is CCCCNC(=S)NC(C)c1cccc(F)c1. The van der Waals surface area contributed by atoms with E-state index in [9.17, 15) is 4.39 Å². The zero-order valence-electron chi connectivity index (χ0n) is 10.3. The quantitative estimate of drug-likeness (QED) is 0.623. The first-order valence-electron chi connectivity index (χ1n) is 5.93. The van der Waals surface area contributed by atoms with E-state index in [4.69, 9.17) is 12.2 Å². The molecular weight excluding hydrogens is 235 g/mol. The Balaban J connectivity index is 2.43. The van der Waals surface area contributed by atoms with E-state index in [0.29, 0.717) is 5.11 Å². The first-order chi connectivity index (χ1) is 8.13. The molecule has 1 rings (SSSR count). The second kappa shape index (κ2) is 7.22. The van der Waals surface area contributed by atoms with E-state index < -0.39 is 0 Å². The second-order valence-corrected chi connectivity index (χ2v) is 4.44. The Labute approximate surface area is 108 Å². The molecule has 4 heteroatoms. The van der Waals surface area contributed by atoms with Crippen LogP contribution in [0.1, 0.15) is 38.3 Å². The first-order valence-corrected chi connectivity index (χ1v) is 6.34. The number of nitrogens with one attached hydrogen (secondary N) is 2. The average Bonchev–Trinajstić information content (AvgIpc) is 2.29. The minimum absolute atomic E-state index is 0.00678. The molecule has 0 heterocycles. The van der Waals surface area contributed by atoms with Gasteiger partial charge in [-0.2, -0.15) is 0 Å².